The highest BCUT2D eigenvalue weighted by Crippen LogP contribution is 2.28. The number of carbonyl (C=O) groups excluding carboxylic acids is 1. The molecule has 7 heteroatoms. The van der Waals surface area contributed by atoms with Gasteiger partial charge in [-0.2, -0.15) is 4.31 Å². The fraction of sp³-hybridized carbons (Fsp3) is 0.500. The predicted molar refractivity (Wildman–Crippen MR) is 132 cm³/mol. The fourth-order valence-corrected chi connectivity index (χ4v) is 6.17. The smallest absolute Gasteiger partial charge is 0.243 e. The van der Waals surface area contributed by atoms with E-state index in [1.54, 1.807) is 12.1 Å². The van der Waals surface area contributed by atoms with E-state index in [2.05, 4.69) is 37.8 Å². The van der Waals surface area contributed by atoms with Crippen molar-refractivity contribution in [3.8, 4) is 0 Å². The van der Waals surface area contributed by atoms with Crippen LogP contribution in [0.2, 0.25) is 0 Å². The molecule has 2 aromatic carbocycles. The van der Waals surface area contributed by atoms with Gasteiger partial charge in [0.2, 0.25) is 15.9 Å². The van der Waals surface area contributed by atoms with Crippen molar-refractivity contribution in [1.82, 2.24) is 9.21 Å². The Hall–Kier alpha value is -2.38. The molecule has 0 bridgehead atoms. The van der Waals surface area contributed by atoms with Gasteiger partial charge in [-0.1, -0.05) is 51.1 Å². The van der Waals surface area contributed by atoms with Crippen LogP contribution in [0.5, 0.6) is 0 Å². The summed E-state index contributed by atoms with van der Waals surface area (Å²) in [6, 6.07) is 17.5. The molecule has 0 aromatic heterocycles. The van der Waals surface area contributed by atoms with Crippen LogP contribution in [0.15, 0.2) is 59.5 Å². The number of piperidine rings is 1. The summed E-state index contributed by atoms with van der Waals surface area (Å²) < 4.78 is 27.8. The highest BCUT2D eigenvalue weighted by atomic mass is 32.2. The van der Waals surface area contributed by atoms with Crippen molar-refractivity contribution in [3.05, 3.63) is 60.2 Å². The highest BCUT2D eigenvalue weighted by molar-refractivity contribution is 7.89. The molecule has 0 radical (unpaired) electrons. The van der Waals surface area contributed by atoms with E-state index in [1.807, 2.05) is 35.2 Å². The molecule has 0 aliphatic carbocycles. The Bertz CT molecular complexity index is 1050. The van der Waals surface area contributed by atoms with E-state index < -0.39 is 10.0 Å². The second kappa shape index (κ2) is 9.47. The van der Waals surface area contributed by atoms with Gasteiger partial charge in [0.1, 0.15) is 0 Å². The van der Waals surface area contributed by atoms with Gasteiger partial charge in [-0.25, -0.2) is 8.42 Å². The third-order valence-corrected chi connectivity index (χ3v) is 8.79. The number of sulfonamides is 1. The number of nitrogens with zero attached hydrogens (tertiary/aromatic N) is 3. The lowest BCUT2D eigenvalue weighted by atomic mass is 9.87. The highest BCUT2D eigenvalue weighted by Gasteiger charge is 2.34. The van der Waals surface area contributed by atoms with Crippen LogP contribution in [0, 0.1) is 5.92 Å². The van der Waals surface area contributed by atoms with E-state index in [-0.39, 0.29) is 17.2 Å². The minimum Gasteiger partial charge on any atom is -0.368 e. The number of anilines is 1. The third-order valence-electron chi connectivity index (χ3n) is 6.87. The van der Waals surface area contributed by atoms with Crippen LogP contribution in [0.25, 0.3) is 0 Å². The van der Waals surface area contributed by atoms with Crippen LogP contribution in [0.3, 0.4) is 0 Å². The van der Waals surface area contributed by atoms with Crippen molar-refractivity contribution in [1.29, 1.82) is 0 Å². The van der Waals surface area contributed by atoms with Crippen LogP contribution >= 0.6 is 0 Å². The number of piperazine rings is 1. The van der Waals surface area contributed by atoms with E-state index >= 15 is 0 Å². The van der Waals surface area contributed by atoms with Crippen molar-refractivity contribution in [3.63, 3.8) is 0 Å². The maximum absolute atomic E-state index is 13.1. The zero-order chi connectivity index (χ0) is 23.6. The summed E-state index contributed by atoms with van der Waals surface area (Å²) in [6.45, 7) is 10.2. The average Bonchev–Trinajstić information content (AvgIpc) is 2.84. The summed E-state index contributed by atoms with van der Waals surface area (Å²) in [6.07, 6.45) is 1.16. The third kappa shape index (κ3) is 5.25. The standard InChI is InChI=1S/C26H35N3O3S/c1-26(2,3)22-9-11-24(12-10-22)33(31,32)29-15-13-21(14-16-29)25(30)28-19-17-27(18-20-28)23-7-5-4-6-8-23/h4-12,21H,13-20H2,1-3H3. The van der Waals surface area contributed by atoms with Crippen LogP contribution in [0.4, 0.5) is 5.69 Å². The minimum absolute atomic E-state index is 0.0203. The number of amides is 1. The number of benzene rings is 2. The molecule has 0 N–H and O–H groups in total. The number of rotatable bonds is 4. The van der Waals surface area contributed by atoms with Crippen LogP contribution in [-0.4, -0.2) is 62.8 Å². The number of hydrogen-bond donors (Lipinski definition) is 0. The Morgan fingerprint density at radius 3 is 1.94 bits per heavy atom. The Morgan fingerprint density at radius 1 is 0.818 bits per heavy atom. The maximum atomic E-state index is 13.1. The molecule has 2 aromatic rings. The first-order valence-corrected chi connectivity index (χ1v) is 13.3. The van der Waals surface area contributed by atoms with Crippen LogP contribution < -0.4 is 4.90 Å². The molecule has 0 unspecified atom stereocenters. The van der Waals surface area contributed by atoms with Gasteiger partial charge in [-0.3, -0.25) is 4.79 Å². The van der Waals surface area contributed by atoms with E-state index in [4.69, 9.17) is 0 Å². The first kappa shape index (κ1) is 23.8. The van der Waals surface area contributed by atoms with Gasteiger partial charge in [0.15, 0.2) is 0 Å². The zero-order valence-corrected chi connectivity index (χ0v) is 20.7. The fourth-order valence-electron chi connectivity index (χ4n) is 4.70. The lowest BCUT2D eigenvalue weighted by molar-refractivity contribution is -0.137. The number of para-hydroxylation sites is 1. The number of carbonyl (C=O) groups is 1. The topological polar surface area (TPSA) is 60.9 Å². The van der Waals surface area contributed by atoms with Gasteiger partial charge in [-0.05, 0) is 48.1 Å². The molecule has 1 amide bonds. The molecule has 2 saturated heterocycles. The second-order valence-corrected chi connectivity index (χ2v) is 12.0. The van der Waals surface area contributed by atoms with Crippen molar-refractivity contribution in [2.45, 2.75) is 43.9 Å². The van der Waals surface area contributed by atoms with E-state index in [9.17, 15) is 13.2 Å². The molecule has 2 fully saturated rings. The lowest BCUT2D eigenvalue weighted by Crippen LogP contribution is -2.52. The van der Waals surface area contributed by atoms with Gasteiger partial charge in [0, 0.05) is 50.9 Å². The molecule has 2 aliphatic rings. The summed E-state index contributed by atoms with van der Waals surface area (Å²) in [5.74, 6) is 0.0808. The summed E-state index contributed by atoms with van der Waals surface area (Å²) in [5, 5.41) is 0. The average molecular weight is 470 g/mol. The van der Waals surface area contributed by atoms with Crippen molar-refractivity contribution < 1.29 is 13.2 Å². The molecular weight excluding hydrogens is 434 g/mol. The number of hydrogen-bond acceptors (Lipinski definition) is 4. The maximum Gasteiger partial charge on any atom is 0.243 e. The monoisotopic (exact) mass is 469 g/mol. The van der Waals surface area contributed by atoms with E-state index in [0.717, 1.165) is 18.7 Å². The van der Waals surface area contributed by atoms with Crippen molar-refractivity contribution in [2.75, 3.05) is 44.2 Å². The summed E-state index contributed by atoms with van der Waals surface area (Å²) in [4.78, 5) is 17.7. The predicted octanol–water partition coefficient (Wildman–Crippen LogP) is 3.73. The van der Waals surface area contributed by atoms with Crippen LogP contribution in [-0.2, 0) is 20.2 Å². The Labute approximate surface area is 198 Å². The van der Waals surface area contributed by atoms with Gasteiger partial charge in [-0.15, -0.1) is 0 Å². The first-order valence-electron chi connectivity index (χ1n) is 11.9. The summed E-state index contributed by atoms with van der Waals surface area (Å²) in [7, 11) is -3.53. The molecule has 4 rings (SSSR count). The van der Waals surface area contributed by atoms with E-state index in [0.29, 0.717) is 43.9 Å². The minimum atomic E-state index is -3.53. The van der Waals surface area contributed by atoms with Gasteiger partial charge in [0.25, 0.3) is 0 Å². The van der Waals surface area contributed by atoms with Gasteiger partial charge in [0.05, 0.1) is 4.90 Å². The molecule has 0 atom stereocenters. The molecule has 178 valence electrons. The summed E-state index contributed by atoms with van der Waals surface area (Å²) in [5.41, 5.74) is 2.28. The zero-order valence-electron chi connectivity index (χ0n) is 19.9. The largest absolute Gasteiger partial charge is 0.368 e. The molecule has 2 heterocycles. The first-order chi connectivity index (χ1) is 15.7. The quantitative estimate of drug-likeness (QED) is 0.685. The molecule has 2 aliphatic heterocycles. The Morgan fingerprint density at radius 2 is 1.39 bits per heavy atom. The Kier molecular flexibility index (Phi) is 6.82. The van der Waals surface area contributed by atoms with E-state index in [1.165, 1.54) is 9.99 Å². The van der Waals surface area contributed by atoms with Crippen LogP contribution in [0.1, 0.15) is 39.2 Å². The van der Waals surface area contributed by atoms with Gasteiger partial charge < -0.3 is 9.80 Å². The van der Waals surface area contributed by atoms with Crippen molar-refractivity contribution in [2.24, 2.45) is 5.92 Å². The second-order valence-electron chi connectivity index (χ2n) is 10.1. The molecular formula is C26H35N3O3S. The Balaban J connectivity index is 1.31. The lowest BCUT2D eigenvalue weighted by Gasteiger charge is -2.39. The molecule has 6 nitrogen and oxygen atoms in total. The molecule has 0 saturated carbocycles. The molecule has 0 spiro atoms. The molecule has 33 heavy (non-hydrogen) atoms. The summed E-state index contributed by atoms with van der Waals surface area (Å²) >= 11 is 0. The SMILES string of the molecule is CC(C)(C)c1ccc(S(=O)(=O)N2CCC(C(=O)N3CCN(c4ccccc4)CC3)CC2)cc1. The van der Waals surface area contributed by atoms with Crippen molar-refractivity contribution >= 4 is 21.6 Å². The normalized spacial score (nSPS) is 19.0. The van der Waals surface area contributed by atoms with Gasteiger partial charge >= 0.3 is 0 Å².